The van der Waals surface area contributed by atoms with E-state index in [1.165, 1.54) is 0 Å². The molecule has 3 amide bonds. The molecule has 2 N–H and O–H groups in total. The number of anilines is 1. The molecule has 124 valence electrons. The summed E-state index contributed by atoms with van der Waals surface area (Å²) in [4.78, 5) is 27.4. The number of nitrogens with one attached hydrogen (secondary N) is 1. The molecule has 1 atom stereocenters. The summed E-state index contributed by atoms with van der Waals surface area (Å²) < 4.78 is 0. The van der Waals surface area contributed by atoms with E-state index in [9.17, 15) is 14.7 Å². The van der Waals surface area contributed by atoms with Gasteiger partial charge in [0.25, 0.3) is 0 Å². The Morgan fingerprint density at radius 1 is 1.22 bits per heavy atom. The van der Waals surface area contributed by atoms with Crippen LogP contribution in [0.25, 0.3) is 0 Å². The first-order valence-corrected chi connectivity index (χ1v) is 8.23. The predicted molar refractivity (Wildman–Crippen MR) is 87.1 cm³/mol. The molecule has 23 heavy (non-hydrogen) atoms. The van der Waals surface area contributed by atoms with Crippen molar-refractivity contribution in [3.8, 4) is 0 Å². The van der Waals surface area contributed by atoms with Crippen LogP contribution in [0.2, 0.25) is 0 Å². The zero-order chi connectivity index (χ0) is 16.2. The van der Waals surface area contributed by atoms with Crippen molar-refractivity contribution in [3.63, 3.8) is 0 Å². The van der Waals surface area contributed by atoms with Crippen LogP contribution in [0.3, 0.4) is 0 Å². The molecule has 0 bridgehead atoms. The van der Waals surface area contributed by atoms with Crippen LogP contribution in [0.15, 0.2) is 24.3 Å². The number of hydrogen-bond donors (Lipinski definition) is 2. The summed E-state index contributed by atoms with van der Waals surface area (Å²) in [6, 6.07) is 7.55. The van der Waals surface area contributed by atoms with E-state index < -0.39 is 0 Å². The number of carbonyl (C=O) groups excluding carboxylic acids is 2. The van der Waals surface area contributed by atoms with Crippen LogP contribution < -0.4 is 10.2 Å². The summed E-state index contributed by atoms with van der Waals surface area (Å²) in [5.41, 5.74) is 1.91. The Morgan fingerprint density at radius 2 is 2.00 bits per heavy atom. The third kappa shape index (κ3) is 3.47. The quantitative estimate of drug-likeness (QED) is 0.883. The molecule has 2 heterocycles. The Morgan fingerprint density at radius 3 is 2.65 bits per heavy atom. The van der Waals surface area contributed by atoms with Crippen molar-refractivity contribution in [2.75, 3.05) is 24.6 Å². The highest BCUT2D eigenvalue weighted by molar-refractivity contribution is 5.95. The minimum Gasteiger partial charge on any atom is -0.394 e. The first-order valence-electron chi connectivity index (χ1n) is 8.23. The number of rotatable bonds is 4. The van der Waals surface area contributed by atoms with Gasteiger partial charge in [-0.05, 0) is 37.0 Å². The normalized spacial score (nSPS) is 21.1. The molecule has 1 unspecified atom stereocenters. The van der Waals surface area contributed by atoms with Gasteiger partial charge in [0.2, 0.25) is 5.91 Å². The number of likely N-dealkylation sites (tertiary alicyclic amines) is 1. The van der Waals surface area contributed by atoms with Crippen molar-refractivity contribution in [1.82, 2.24) is 10.2 Å². The fourth-order valence-electron chi connectivity index (χ4n) is 3.29. The minimum atomic E-state index is -0.125. The van der Waals surface area contributed by atoms with E-state index in [-0.39, 0.29) is 24.6 Å². The Balaban J connectivity index is 1.54. The van der Waals surface area contributed by atoms with Gasteiger partial charge in [0.1, 0.15) is 0 Å². The maximum Gasteiger partial charge on any atom is 0.317 e. The number of carbonyl (C=O) groups is 2. The first-order chi connectivity index (χ1) is 11.2. The highest BCUT2D eigenvalue weighted by Crippen LogP contribution is 2.21. The smallest absolute Gasteiger partial charge is 0.317 e. The van der Waals surface area contributed by atoms with Gasteiger partial charge in [0.05, 0.1) is 12.6 Å². The monoisotopic (exact) mass is 317 g/mol. The van der Waals surface area contributed by atoms with Gasteiger partial charge in [0, 0.05) is 31.7 Å². The minimum absolute atomic E-state index is 0.0198. The van der Waals surface area contributed by atoms with Gasteiger partial charge in [-0.15, -0.1) is 0 Å². The molecule has 6 heteroatoms. The summed E-state index contributed by atoms with van der Waals surface area (Å²) in [6.07, 6.45) is 3.35. The molecule has 2 aliphatic heterocycles. The van der Waals surface area contributed by atoms with Gasteiger partial charge in [-0.1, -0.05) is 12.1 Å². The van der Waals surface area contributed by atoms with E-state index in [0.717, 1.165) is 37.1 Å². The summed E-state index contributed by atoms with van der Waals surface area (Å²) in [5.74, 6) is 0.176. The Kier molecular flexibility index (Phi) is 4.81. The lowest BCUT2D eigenvalue weighted by molar-refractivity contribution is -0.117. The molecule has 3 rings (SSSR count). The van der Waals surface area contributed by atoms with E-state index in [1.54, 1.807) is 9.80 Å². The molecule has 2 fully saturated rings. The molecule has 0 aromatic heterocycles. The van der Waals surface area contributed by atoms with Crippen LogP contribution in [0.1, 0.15) is 31.2 Å². The SMILES string of the molecule is O=C1CCCN1c1ccc(CNC(=O)N2CCCC2CO)cc1. The number of benzene rings is 1. The second-order valence-electron chi connectivity index (χ2n) is 6.15. The van der Waals surface area contributed by atoms with E-state index in [0.29, 0.717) is 19.5 Å². The fraction of sp³-hybridized carbons (Fsp3) is 0.529. The Bertz CT molecular complexity index is 573. The van der Waals surface area contributed by atoms with E-state index in [4.69, 9.17) is 0 Å². The van der Waals surface area contributed by atoms with Gasteiger partial charge < -0.3 is 20.2 Å². The predicted octanol–water partition coefficient (Wildman–Crippen LogP) is 1.48. The van der Waals surface area contributed by atoms with Crippen LogP contribution >= 0.6 is 0 Å². The average molecular weight is 317 g/mol. The average Bonchev–Trinajstić information content (AvgIpc) is 3.21. The maximum atomic E-state index is 12.2. The standard InChI is InChI=1S/C17H23N3O3/c21-12-15-3-1-10-20(15)17(23)18-11-13-5-7-14(8-6-13)19-9-2-4-16(19)22/h5-8,15,21H,1-4,9-12H2,(H,18,23). The topological polar surface area (TPSA) is 72.9 Å². The summed E-state index contributed by atoms with van der Waals surface area (Å²) in [5, 5.41) is 12.2. The lowest BCUT2D eigenvalue weighted by Gasteiger charge is -2.23. The second-order valence-corrected chi connectivity index (χ2v) is 6.15. The van der Waals surface area contributed by atoms with Gasteiger partial charge in [-0.2, -0.15) is 0 Å². The van der Waals surface area contributed by atoms with Crippen LogP contribution in [0.5, 0.6) is 0 Å². The molecule has 1 aromatic rings. The number of nitrogens with zero attached hydrogens (tertiary/aromatic N) is 2. The largest absolute Gasteiger partial charge is 0.394 e. The van der Waals surface area contributed by atoms with E-state index in [2.05, 4.69) is 5.32 Å². The number of urea groups is 1. The molecule has 0 aliphatic carbocycles. The van der Waals surface area contributed by atoms with Crippen molar-refractivity contribution in [1.29, 1.82) is 0 Å². The van der Waals surface area contributed by atoms with Crippen molar-refractivity contribution in [2.45, 2.75) is 38.3 Å². The molecular weight excluding hydrogens is 294 g/mol. The van der Waals surface area contributed by atoms with Crippen LogP contribution in [-0.2, 0) is 11.3 Å². The molecule has 0 radical (unpaired) electrons. The van der Waals surface area contributed by atoms with Crippen molar-refractivity contribution >= 4 is 17.6 Å². The Hall–Kier alpha value is -2.08. The summed E-state index contributed by atoms with van der Waals surface area (Å²) in [6.45, 7) is 1.95. The van der Waals surface area contributed by atoms with Gasteiger partial charge in [0.15, 0.2) is 0 Å². The lowest BCUT2D eigenvalue weighted by atomic mass is 10.2. The highest BCUT2D eigenvalue weighted by Gasteiger charge is 2.27. The molecule has 0 saturated carbocycles. The van der Waals surface area contributed by atoms with Crippen molar-refractivity contribution < 1.29 is 14.7 Å². The van der Waals surface area contributed by atoms with E-state index >= 15 is 0 Å². The Labute approximate surface area is 136 Å². The van der Waals surface area contributed by atoms with Gasteiger partial charge in [-0.25, -0.2) is 4.79 Å². The van der Waals surface area contributed by atoms with Crippen LogP contribution in [0, 0.1) is 0 Å². The molecule has 1 aromatic carbocycles. The van der Waals surface area contributed by atoms with Crippen LogP contribution in [-0.4, -0.2) is 47.7 Å². The molecule has 2 aliphatic rings. The first kappa shape index (κ1) is 15.8. The summed E-state index contributed by atoms with van der Waals surface area (Å²) in [7, 11) is 0. The zero-order valence-electron chi connectivity index (χ0n) is 13.2. The second kappa shape index (κ2) is 7.00. The lowest BCUT2D eigenvalue weighted by Crippen LogP contribution is -2.43. The molecular formula is C17H23N3O3. The number of aliphatic hydroxyl groups excluding tert-OH is 1. The van der Waals surface area contributed by atoms with Crippen LogP contribution in [0.4, 0.5) is 10.5 Å². The van der Waals surface area contributed by atoms with Gasteiger partial charge in [-0.3, -0.25) is 4.79 Å². The van der Waals surface area contributed by atoms with Crippen molar-refractivity contribution in [2.24, 2.45) is 0 Å². The molecule has 2 saturated heterocycles. The third-order valence-electron chi connectivity index (χ3n) is 4.61. The van der Waals surface area contributed by atoms with Crippen molar-refractivity contribution in [3.05, 3.63) is 29.8 Å². The zero-order valence-corrected chi connectivity index (χ0v) is 13.2. The summed E-state index contributed by atoms with van der Waals surface area (Å²) >= 11 is 0. The molecule has 0 spiro atoms. The van der Waals surface area contributed by atoms with Gasteiger partial charge >= 0.3 is 6.03 Å². The molecule has 6 nitrogen and oxygen atoms in total. The number of amides is 3. The third-order valence-corrected chi connectivity index (χ3v) is 4.61. The number of hydrogen-bond acceptors (Lipinski definition) is 3. The fourth-order valence-corrected chi connectivity index (χ4v) is 3.29. The highest BCUT2D eigenvalue weighted by atomic mass is 16.3. The number of aliphatic hydroxyl groups is 1. The van der Waals surface area contributed by atoms with E-state index in [1.807, 2.05) is 24.3 Å². The maximum absolute atomic E-state index is 12.2.